The SMILES string of the molecule is Cn1ccc(Nc2ccc(C3=NOC(CNC(=O)c4ccc(Cl)s4)C3)cc2)n1. The summed E-state index contributed by atoms with van der Waals surface area (Å²) in [6, 6.07) is 13.3. The van der Waals surface area contributed by atoms with Gasteiger partial charge in [-0.3, -0.25) is 9.48 Å². The van der Waals surface area contributed by atoms with Gasteiger partial charge in [0.2, 0.25) is 0 Å². The van der Waals surface area contributed by atoms with E-state index in [4.69, 9.17) is 16.4 Å². The number of carbonyl (C=O) groups excluding carboxylic acids is 1. The maximum atomic E-state index is 12.1. The number of thiophene rings is 1. The Morgan fingerprint density at radius 2 is 2.11 bits per heavy atom. The molecule has 0 bridgehead atoms. The molecule has 0 saturated heterocycles. The number of aryl methyl sites for hydroxylation is 1. The second-order valence-corrected chi connectivity index (χ2v) is 8.08. The van der Waals surface area contributed by atoms with Crippen LogP contribution in [0.5, 0.6) is 0 Å². The minimum atomic E-state index is -0.180. The van der Waals surface area contributed by atoms with Crippen LogP contribution in [0.2, 0.25) is 4.34 Å². The second kappa shape index (κ2) is 8.04. The molecule has 28 heavy (non-hydrogen) atoms. The average Bonchev–Trinajstić information content (AvgIpc) is 3.42. The van der Waals surface area contributed by atoms with E-state index in [-0.39, 0.29) is 12.0 Å². The molecule has 3 aromatic rings. The first kappa shape index (κ1) is 18.5. The topological polar surface area (TPSA) is 80.5 Å². The molecule has 1 aliphatic rings. The Hall–Kier alpha value is -2.84. The smallest absolute Gasteiger partial charge is 0.261 e. The van der Waals surface area contributed by atoms with Crippen LogP contribution >= 0.6 is 22.9 Å². The van der Waals surface area contributed by atoms with Gasteiger partial charge in [0, 0.05) is 31.4 Å². The first-order chi connectivity index (χ1) is 13.6. The van der Waals surface area contributed by atoms with Crippen molar-refractivity contribution in [2.75, 3.05) is 11.9 Å². The summed E-state index contributed by atoms with van der Waals surface area (Å²) in [7, 11) is 1.88. The first-order valence-corrected chi connectivity index (χ1v) is 9.89. The molecule has 9 heteroatoms. The minimum absolute atomic E-state index is 0.154. The van der Waals surface area contributed by atoms with Crippen molar-refractivity contribution in [3.8, 4) is 0 Å². The van der Waals surface area contributed by atoms with Gasteiger partial charge in [-0.1, -0.05) is 28.9 Å². The molecule has 1 unspecified atom stereocenters. The summed E-state index contributed by atoms with van der Waals surface area (Å²) in [4.78, 5) is 18.1. The van der Waals surface area contributed by atoms with E-state index < -0.39 is 0 Å². The number of halogens is 1. The molecule has 1 aromatic carbocycles. The highest BCUT2D eigenvalue weighted by Gasteiger charge is 2.23. The highest BCUT2D eigenvalue weighted by atomic mass is 35.5. The van der Waals surface area contributed by atoms with Gasteiger partial charge in [0.25, 0.3) is 5.91 Å². The molecular weight excluding hydrogens is 398 g/mol. The number of rotatable bonds is 6. The maximum absolute atomic E-state index is 12.1. The summed E-state index contributed by atoms with van der Waals surface area (Å²) in [5, 5.41) is 14.6. The van der Waals surface area contributed by atoms with Crippen molar-refractivity contribution in [3.05, 3.63) is 63.4 Å². The summed E-state index contributed by atoms with van der Waals surface area (Å²) in [6.45, 7) is 0.390. The zero-order chi connectivity index (χ0) is 19.5. The van der Waals surface area contributed by atoms with E-state index in [1.807, 2.05) is 43.6 Å². The van der Waals surface area contributed by atoms with E-state index in [0.717, 1.165) is 22.8 Å². The number of hydrogen-bond acceptors (Lipinski definition) is 6. The number of nitrogens with one attached hydrogen (secondary N) is 2. The number of nitrogens with zero attached hydrogens (tertiary/aromatic N) is 3. The van der Waals surface area contributed by atoms with Crippen LogP contribution in [0.3, 0.4) is 0 Å². The van der Waals surface area contributed by atoms with Crippen LogP contribution in [-0.4, -0.2) is 34.0 Å². The molecule has 1 atom stereocenters. The van der Waals surface area contributed by atoms with E-state index in [1.165, 1.54) is 11.3 Å². The largest absolute Gasteiger partial charge is 0.390 e. The molecule has 1 amide bonds. The molecule has 2 aromatic heterocycles. The second-order valence-electron chi connectivity index (χ2n) is 6.36. The number of aromatic nitrogens is 2. The fraction of sp³-hybridized carbons (Fsp3) is 0.211. The van der Waals surface area contributed by atoms with Gasteiger partial charge in [-0.15, -0.1) is 11.3 Å². The van der Waals surface area contributed by atoms with Gasteiger partial charge in [0.15, 0.2) is 5.82 Å². The number of hydrogen-bond donors (Lipinski definition) is 2. The molecule has 7 nitrogen and oxygen atoms in total. The molecule has 144 valence electrons. The third-order valence-electron chi connectivity index (χ3n) is 4.22. The predicted molar refractivity (Wildman–Crippen MR) is 111 cm³/mol. The van der Waals surface area contributed by atoms with Gasteiger partial charge >= 0.3 is 0 Å². The van der Waals surface area contributed by atoms with E-state index in [9.17, 15) is 4.79 Å². The quantitative estimate of drug-likeness (QED) is 0.641. The molecule has 0 radical (unpaired) electrons. The number of anilines is 2. The maximum Gasteiger partial charge on any atom is 0.261 e. The van der Waals surface area contributed by atoms with E-state index in [1.54, 1.807) is 16.8 Å². The van der Waals surface area contributed by atoms with Crippen molar-refractivity contribution in [1.82, 2.24) is 15.1 Å². The zero-order valence-corrected chi connectivity index (χ0v) is 16.6. The summed E-state index contributed by atoms with van der Waals surface area (Å²) in [5.41, 5.74) is 2.80. The van der Waals surface area contributed by atoms with Crippen LogP contribution < -0.4 is 10.6 Å². The lowest BCUT2D eigenvalue weighted by Crippen LogP contribution is -2.31. The Labute approximate surface area is 171 Å². The molecule has 0 spiro atoms. The molecule has 4 rings (SSSR count). The molecule has 0 fully saturated rings. The Kier molecular flexibility index (Phi) is 5.31. The van der Waals surface area contributed by atoms with Crippen LogP contribution in [0.25, 0.3) is 0 Å². The Morgan fingerprint density at radius 1 is 1.29 bits per heavy atom. The van der Waals surface area contributed by atoms with Crippen molar-refractivity contribution in [1.29, 1.82) is 0 Å². The molecule has 0 saturated carbocycles. The van der Waals surface area contributed by atoms with Gasteiger partial charge in [0.1, 0.15) is 6.10 Å². The Balaban J connectivity index is 1.29. The summed E-state index contributed by atoms with van der Waals surface area (Å²) in [5.74, 6) is 0.638. The summed E-state index contributed by atoms with van der Waals surface area (Å²) < 4.78 is 2.33. The number of carbonyl (C=O) groups is 1. The molecule has 2 N–H and O–H groups in total. The Bertz CT molecular complexity index is 1010. The first-order valence-electron chi connectivity index (χ1n) is 8.70. The van der Waals surface area contributed by atoms with E-state index in [0.29, 0.717) is 22.2 Å². The normalized spacial score (nSPS) is 15.8. The average molecular weight is 416 g/mol. The molecular formula is C19H18ClN5O2S. The third-order valence-corrected chi connectivity index (χ3v) is 5.45. The van der Waals surface area contributed by atoms with Crippen LogP contribution in [-0.2, 0) is 11.9 Å². The monoisotopic (exact) mass is 415 g/mol. The van der Waals surface area contributed by atoms with Crippen LogP contribution in [0.1, 0.15) is 21.7 Å². The van der Waals surface area contributed by atoms with Gasteiger partial charge in [-0.2, -0.15) is 5.10 Å². The standard InChI is InChI=1S/C19H18ClN5O2S/c1-25-9-8-18(23-25)22-13-4-2-12(3-5-13)15-10-14(27-24-15)11-21-19(26)16-6-7-17(20)28-16/h2-9,14H,10-11H2,1H3,(H,21,26)(H,22,23). The van der Waals surface area contributed by atoms with Gasteiger partial charge in [0.05, 0.1) is 21.5 Å². The van der Waals surface area contributed by atoms with Gasteiger partial charge in [-0.25, -0.2) is 0 Å². The highest BCUT2D eigenvalue weighted by Crippen LogP contribution is 2.22. The van der Waals surface area contributed by atoms with Gasteiger partial charge in [-0.05, 0) is 29.8 Å². The van der Waals surface area contributed by atoms with Crippen LogP contribution in [0.15, 0.2) is 53.8 Å². The number of amides is 1. The van der Waals surface area contributed by atoms with Crippen molar-refractivity contribution in [2.45, 2.75) is 12.5 Å². The molecule has 1 aliphatic heterocycles. The summed E-state index contributed by atoms with van der Waals surface area (Å²) in [6.07, 6.45) is 2.34. The van der Waals surface area contributed by atoms with Crippen LogP contribution in [0, 0.1) is 0 Å². The molecule has 3 heterocycles. The van der Waals surface area contributed by atoms with Crippen molar-refractivity contribution in [3.63, 3.8) is 0 Å². The highest BCUT2D eigenvalue weighted by molar-refractivity contribution is 7.17. The van der Waals surface area contributed by atoms with E-state index >= 15 is 0 Å². The lowest BCUT2D eigenvalue weighted by molar-refractivity contribution is 0.0755. The molecule has 0 aliphatic carbocycles. The third kappa shape index (κ3) is 4.35. The van der Waals surface area contributed by atoms with Crippen molar-refractivity contribution in [2.24, 2.45) is 12.2 Å². The lowest BCUT2D eigenvalue weighted by Gasteiger charge is -2.09. The fourth-order valence-corrected chi connectivity index (χ4v) is 3.77. The fourth-order valence-electron chi connectivity index (χ4n) is 2.81. The minimum Gasteiger partial charge on any atom is -0.390 e. The van der Waals surface area contributed by atoms with Crippen molar-refractivity contribution >= 4 is 46.1 Å². The van der Waals surface area contributed by atoms with Gasteiger partial charge < -0.3 is 15.5 Å². The van der Waals surface area contributed by atoms with Crippen molar-refractivity contribution < 1.29 is 9.63 Å². The van der Waals surface area contributed by atoms with E-state index in [2.05, 4.69) is 20.9 Å². The Morgan fingerprint density at radius 3 is 2.79 bits per heavy atom. The predicted octanol–water partition coefficient (Wildman–Crippen LogP) is 3.80. The lowest BCUT2D eigenvalue weighted by atomic mass is 10.0. The van der Waals surface area contributed by atoms with Crippen LogP contribution in [0.4, 0.5) is 11.5 Å². The summed E-state index contributed by atoms with van der Waals surface area (Å²) >= 11 is 7.11. The number of oxime groups is 1. The number of benzene rings is 1. The zero-order valence-electron chi connectivity index (χ0n) is 15.1.